The minimum atomic E-state index is -0.472. The van der Waals surface area contributed by atoms with Crippen molar-refractivity contribution in [2.24, 2.45) is 5.34 Å². The van der Waals surface area contributed by atoms with Crippen LogP contribution in [-0.2, 0) is 26.1 Å². The van der Waals surface area contributed by atoms with Crippen LogP contribution in [-0.4, -0.2) is 11.8 Å². The van der Waals surface area contributed by atoms with Gasteiger partial charge in [0.05, 0.1) is 11.8 Å². The van der Waals surface area contributed by atoms with E-state index in [0.717, 1.165) is 5.34 Å². The second-order valence-corrected chi connectivity index (χ2v) is 4.80. The Bertz CT molecular complexity index is 169. The zero-order chi connectivity index (χ0) is 10.7. The van der Waals surface area contributed by atoms with Crippen molar-refractivity contribution in [3.8, 4) is 0 Å². The van der Waals surface area contributed by atoms with E-state index >= 15 is 0 Å². The Hall–Kier alpha value is -0.192. The van der Waals surface area contributed by atoms with Gasteiger partial charge in [-0.15, -0.1) is 5.34 Å². The number of hydrogen-bond acceptors (Lipinski definition) is 5. The van der Waals surface area contributed by atoms with E-state index in [9.17, 15) is 9.59 Å². The molecule has 0 aromatic rings. The summed E-state index contributed by atoms with van der Waals surface area (Å²) >= 11 is -0.472. The third-order valence-corrected chi connectivity index (χ3v) is 0.802. The van der Waals surface area contributed by atoms with E-state index in [-0.39, 0.29) is 26.7 Å². The summed E-state index contributed by atoms with van der Waals surface area (Å²) in [5.41, 5.74) is 0. The molecular weight excluding hydrogens is 430 g/mol. The molecule has 0 N–H and O–H groups in total. The van der Waals surface area contributed by atoms with Gasteiger partial charge in [0.1, 0.15) is 0 Å². The van der Waals surface area contributed by atoms with E-state index in [1.807, 2.05) is 0 Å². The molecule has 0 bridgehead atoms. The summed E-state index contributed by atoms with van der Waals surface area (Å²) in [5.74, 6) is -0.546. The molecule has 1 rings (SSSR count). The molecule has 0 saturated carbocycles. The number of nitrogens with zero attached hydrogens (tertiary/aromatic N) is 2. The molecule has 0 radical (unpaired) electrons. The monoisotopic (exact) mass is 439 g/mol. The molecule has 6 nitrogen and oxygen atoms in total. The van der Waals surface area contributed by atoms with Gasteiger partial charge in [0.25, 0.3) is 0 Å². The molecule has 0 unspecified atom stereocenters. The topological polar surface area (TPSA) is 101 Å². The average molecular weight is 440 g/mol. The van der Waals surface area contributed by atoms with E-state index < -0.39 is 16.5 Å². The quantitative estimate of drug-likeness (QED) is 0.250. The molecule has 96 valence electrons. The van der Waals surface area contributed by atoms with Crippen LogP contribution in [0.3, 0.4) is 0 Å². The average Bonchev–Trinajstić information content (AvgIpc) is 2.38. The van der Waals surface area contributed by atoms with Crippen LogP contribution < -0.4 is 0 Å². The van der Waals surface area contributed by atoms with Gasteiger partial charge in [0.2, 0.25) is 0 Å². The first-order chi connectivity index (χ1) is 6.12. The molecule has 1 heterocycles. The first kappa shape index (κ1) is 24.2. The van der Waals surface area contributed by atoms with Crippen LogP contribution in [0.2, 0.25) is 0 Å². The van der Waals surface area contributed by atoms with Gasteiger partial charge in [0.15, 0.2) is 0 Å². The molecule has 1 fully saturated rings. The van der Waals surface area contributed by atoms with Crippen LogP contribution in [0.5, 0.6) is 0 Å². The van der Waals surface area contributed by atoms with Crippen molar-refractivity contribution < 1.29 is 26.1 Å². The van der Waals surface area contributed by atoms with Crippen molar-refractivity contribution in [1.29, 1.82) is 0 Å². The maximum atomic E-state index is 10.1. The van der Waals surface area contributed by atoms with Crippen LogP contribution in [0.15, 0.2) is 5.34 Å². The fourth-order valence-electron chi connectivity index (χ4n) is 0.465. The molecule has 1 aliphatic rings. The van der Waals surface area contributed by atoms with Crippen molar-refractivity contribution >= 4 is 30.7 Å². The zero-order valence-electron chi connectivity index (χ0n) is 8.01. The van der Waals surface area contributed by atoms with Gasteiger partial charge in [-0.2, -0.15) is 0 Å². The number of carbonyl (C=O) groups is 2. The zero-order valence-corrected chi connectivity index (χ0v) is 11.8. The van der Waals surface area contributed by atoms with Gasteiger partial charge in [-0.1, -0.05) is 0 Å². The Morgan fingerprint density at radius 2 is 1.40 bits per heavy atom. The summed E-state index contributed by atoms with van der Waals surface area (Å²) in [4.78, 5) is 28.1. The summed E-state index contributed by atoms with van der Waals surface area (Å²) in [7, 11) is 9.75. The number of rotatable bonds is 0. The number of hydrogen-bond donors (Lipinski definition) is 0. The molecule has 1 aliphatic heterocycles. The van der Waals surface area contributed by atoms with E-state index in [0.29, 0.717) is 12.8 Å². The molecule has 15 heavy (non-hydrogen) atoms. The molecule has 0 aromatic heterocycles. The van der Waals surface area contributed by atoms with E-state index in [1.54, 1.807) is 0 Å². The van der Waals surface area contributed by atoms with Gasteiger partial charge >= 0.3 is 35.3 Å². The second-order valence-electron chi connectivity index (χ2n) is 1.52. The summed E-state index contributed by atoms with van der Waals surface area (Å²) in [5, 5.41) is 12.1. The predicted molar refractivity (Wildman–Crippen MR) is 56.3 cm³/mol. The molecule has 9 heteroatoms. The number of halogens is 2. The number of amides is 2. The summed E-state index contributed by atoms with van der Waals surface area (Å²) in [6.07, 6.45) is 0.637. The van der Waals surface area contributed by atoms with Crippen molar-refractivity contribution in [3.63, 3.8) is 0 Å². The van der Waals surface area contributed by atoms with E-state index in [2.05, 4.69) is 5.32 Å². The summed E-state index contributed by atoms with van der Waals surface area (Å²) in [6.45, 7) is 0. The molecule has 1 saturated heterocycles. The van der Waals surface area contributed by atoms with Gasteiger partial charge in [-0.25, -0.2) is 0 Å². The normalized spacial score (nSPS) is 11.6. The fourth-order valence-corrected chi connectivity index (χ4v) is 0.465. The summed E-state index contributed by atoms with van der Waals surface area (Å²) in [6, 6.07) is 0. The van der Waals surface area contributed by atoms with Crippen molar-refractivity contribution in [1.82, 2.24) is 0 Å². The maximum absolute atomic E-state index is 10.1. The van der Waals surface area contributed by atoms with Crippen molar-refractivity contribution in [3.05, 3.63) is 30.3 Å². The molecule has 0 spiro atoms. The third-order valence-electron chi connectivity index (χ3n) is 0.802. The standard InChI is InChI=1S/C4H5NO2.2CH3.2ClH.HNO2.Pt/c6-3-1-2-4(7)5-3;;;;;2-1-3;/h1-2H2,(H,5,6,7);2*1H3;2*1H;(H,2,3);/q;2*-1;;;;+2/p-4. The first-order valence-corrected chi connectivity index (χ1v) is 8.30. The number of imide groups is 1. The fraction of sp³-hybridized carbons (Fsp3) is 0.333. The third kappa shape index (κ3) is 24.8. The van der Waals surface area contributed by atoms with Gasteiger partial charge in [0, 0.05) is 0 Å². The molecule has 0 aromatic carbocycles. The Kier molecular flexibility index (Phi) is 31.2. The van der Waals surface area contributed by atoms with E-state index in [4.69, 9.17) is 29.0 Å². The van der Waals surface area contributed by atoms with Crippen LogP contribution in [0.25, 0.3) is 5.32 Å². The van der Waals surface area contributed by atoms with Crippen LogP contribution in [0.4, 0.5) is 0 Å². The van der Waals surface area contributed by atoms with Gasteiger partial charge in [-0.05, 0) is 12.8 Å². The predicted octanol–water partition coefficient (Wildman–Crippen LogP) is 2.73. The Morgan fingerprint density at radius 3 is 1.47 bits per heavy atom. The van der Waals surface area contributed by atoms with E-state index in [1.165, 1.54) is 0 Å². The molecule has 0 aliphatic carbocycles. The SMILES string of the molecule is O=C1CCC(=O)[N-]1.O=N[O-].[CH3-].[CH3-].[Cl][Pt][Cl]. The summed E-state index contributed by atoms with van der Waals surface area (Å²) < 4.78 is 0. The first-order valence-electron chi connectivity index (χ1n) is 2.67. The van der Waals surface area contributed by atoms with Crippen molar-refractivity contribution in [2.75, 3.05) is 0 Å². The Labute approximate surface area is 105 Å². The van der Waals surface area contributed by atoms with Crippen LogP contribution in [0, 0.1) is 25.0 Å². The molecular formula is C6H10Cl2N2O4Pt-4. The number of carbonyl (C=O) groups excluding carboxylic acids is 2. The second kappa shape index (κ2) is 19.4. The van der Waals surface area contributed by atoms with Crippen LogP contribution in [0.1, 0.15) is 12.8 Å². The van der Waals surface area contributed by atoms with Gasteiger partial charge in [-0.3, -0.25) is 0 Å². The molecule has 2 amide bonds. The minimum absolute atomic E-state index is 0. The molecule has 0 atom stereocenters. The Morgan fingerprint density at radius 1 is 1.20 bits per heavy atom. The Balaban J connectivity index is -0.0000000665. The van der Waals surface area contributed by atoms with Gasteiger partial charge < -0.3 is 39.9 Å². The van der Waals surface area contributed by atoms with Crippen LogP contribution >= 0.6 is 18.8 Å². The van der Waals surface area contributed by atoms with Crippen molar-refractivity contribution in [2.45, 2.75) is 12.8 Å².